The van der Waals surface area contributed by atoms with Gasteiger partial charge < -0.3 is 14.6 Å². The minimum absolute atomic E-state index is 0.0967. The smallest absolute Gasteiger partial charge is 0.253 e. The zero-order valence-electron chi connectivity index (χ0n) is 13.4. The van der Waals surface area contributed by atoms with Crippen molar-refractivity contribution in [1.29, 1.82) is 0 Å². The number of amides is 1. The summed E-state index contributed by atoms with van der Waals surface area (Å²) in [6.45, 7) is 7.17. The Balaban J connectivity index is 1.75. The Morgan fingerprint density at radius 1 is 1.32 bits per heavy atom. The fourth-order valence-electron chi connectivity index (χ4n) is 2.64. The van der Waals surface area contributed by atoms with Gasteiger partial charge in [0.2, 0.25) is 5.56 Å². The number of carbonyl (C=O) groups is 1. The van der Waals surface area contributed by atoms with E-state index in [0.29, 0.717) is 17.8 Å². The highest BCUT2D eigenvalue weighted by Crippen LogP contribution is 2.05. The van der Waals surface area contributed by atoms with E-state index in [4.69, 9.17) is 4.74 Å². The molecule has 0 atom stereocenters. The van der Waals surface area contributed by atoms with Crippen LogP contribution in [0.5, 0.6) is 0 Å². The Morgan fingerprint density at radius 3 is 2.73 bits per heavy atom. The van der Waals surface area contributed by atoms with Gasteiger partial charge in [0.05, 0.1) is 13.2 Å². The summed E-state index contributed by atoms with van der Waals surface area (Å²) in [6.07, 6.45) is 2.02. The number of morpholine rings is 1. The molecule has 6 nitrogen and oxygen atoms in total. The lowest BCUT2D eigenvalue weighted by atomic mass is 10.2. The molecule has 0 radical (unpaired) electrons. The first-order valence-electron chi connectivity index (χ1n) is 7.83. The van der Waals surface area contributed by atoms with Crippen molar-refractivity contribution >= 4 is 5.91 Å². The maximum absolute atomic E-state index is 12.3. The van der Waals surface area contributed by atoms with Crippen molar-refractivity contribution in [3.05, 3.63) is 33.7 Å². The second-order valence-corrected chi connectivity index (χ2v) is 5.80. The van der Waals surface area contributed by atoms with Gasteiger partial charge in [0.25, 0.3) is 5.91 Å². The zero-order valence-corrected chi connectivity index (χ0v) is 13.4. The fourth-order valence-corrected chi connectivity index (χ4v) is 2.64. The van der Waals surface area contributed by atoms with Gasteiger partial charge in [-0.05, 0) is 32.4 Å². The molecule has 1 saturated heterocycles. The number of hydrogen-bond acceptors (Lipinski definition) is 4. The molecule has 1 aromatic rings. The van der Waals surface area contributed by atoms with Crippen molar-refractivity contribution in [2.45, 2.75) is 19.8 Å². The fraction of sp³-hybridized carbons (Fsp3) is 0.625. The molecule has 1 N–H and O–H groups in total. The number of rotatable bonds is 6. The second kappa shape index (κ2) is 8.10. The first-order valence-corrected chi connectivity index (χ1v) is 7.83. The van der Waals surface area contributed by atoms with Gasteiger partial charge in [-0.15, -0.1) is 0 Å². The van der Waals surface area contributed by atoms with Gasteiger partial charge in [-0.2, -0.15) is 0 Å². The first-order chi connectivity index (χ1) is 10.6. The number of H-pyrrole nitrogens is 1. The van der Waals surface area contributed by atoms with E-state index in [1.807, 2.05) is 0 Å². The number of ether oxygens (including phenoxy) is 1. The Bertz CT molecular complexity index is 550. The normalized spacial score (nSPS) is 15.7. The van der Waals surface area contributed by atoms with Crippen molar-refractivity contribution in [3.8, 4) is 0 Å². The van der Waals surface area contributed by atoms with Crippen molar-refractivity contribution in [2.75, 3.05) is 46.4 Å². The van der Waals surface area contributed by atoms with Crippen LogP contribution in [0, 0.1) is 6.92 Å². The lowest BCUT2D eigenvalue weighted by Crippen LogP contribution is -2.37. The third-order valence-electron chi connectivity index (χ3n) is 3.89. The lowest BCUT2D eigenvalue weighted by Gasteiger charge is -2.26. The number of aryl methyl sites for hydroxylation is 1. The Labute approximate surface area is 131 Å². The second-order valence-electron chi connectivity index (χ2n) is 5.80. The summed E-state index contributed by atoms with van der Waals surface area (Å²) in [7, 11) is 1.79. The average molecular weight is 307 g/mol. The molecular weight excluding hydrogens is 282 g/mol. The number of hydrogen-bond donors (Lipinski definition) is 1. The highest BCUT2D eigenvalue weighted by Gasteiger charge is 2.13. The number of nitrogens with zero attached hydrogens (tertiary/aromatic N) is 2. The van der Waals surface area contributed by atoms with Crippen LogP contribution in [-0.4, -0.2) is 67.1 Å². The van der Waals surface area contributed by atoms with Crippen LogP contribution in [-0.2, 0) is 4.74 Å². The largest absolute Gasteiger partial charge is 0.379 e. The van der Waals surface area contributed by atoms with Crippen LogP contribution >= 0.6 is 0 Å². The number of aromatic amines is 1. The van der Waals surface area contributed by atoms with E-state index in [-0.39, 0.29) is 11.5 Å². The molecule has 6 heteroatoms. The highest BCUT2D eigenvalue weighted by molar-refractivity contribution is 5.94. The third kappa shape index (κ3) is 4.96. The molecule has 2 heterocycles. The number of pyridine rings is 1. The Morgan fingerprint density at radius 2 is 2.05 bits per heavy atom. The molecule has 2 rings (SSSR count). The predicted molar refractivity (Wildman–Crippen MR) is 85.3 cm³/mol. The minimum atomic E-state index is -0.232. The van der Waals surface area contributed by atoms with Crippen molar-refractivity contribution in [1.82, 2.24) is 14.8 Å². The highest BCUT2D eigenvalue weighted by atomic mass is 16.5. The van der Waals surface area contributed by atoms with E-state index in [9.17, 15) is 9.59 Å². The number of carbonyl (C=O) groups excluding carboxylic acids is 1. The van der Waals surface area contributed by atoms with Crippen molar-refractivity contribution < 1.29 is 9.53 Å². The Hall–Kier alpha value is -1.66. The maximum atomic E-state index is 12.3. The summed E-state index contributed by atoms with van der Waals surface area (Å²) < 4.78 is 5.32. The SMILES string of the molecule is Cc1cc(C(=O)N(C)CCCCN2CCOCC2)cc(=O)[nH]1. The standard InChI is InChI=1S/C16H25N3O3/c1-13-11-14(12-15(20)17-13)16(21)18(2)5-3-4-6-19-7-9-22-10-8-19/h11-12H,3-10H2,1-2H3,(H,17,20). The Kier molecular flexibility index (Phi) is 6.15. The van der Waals surface area contributed by atoms with Gasteiger partial charge in [-0.25, -0.2) is 0 Å². The quantitative estimate of drug-likeness (QED) is 0.792. The number of unbranched alkanes of at least 4 members (excludes halogenated alkanes) is 1. The van der Waals surface area contributed by atoms with Gasteiger partial charge in [0, 0.05) is 44.0 Å². The molecule has 22 heavy (non-hydrogen) atoms. The monoisotopic (exact) mass is 307 g/mol. The van der Waals surface area contributed by atoms with E-state index in [1.165, 1.54) is 6.07 Å². The van der Waals surface area contributed by atoms with Crippen molar-refractivity contribution in [2.24, 2.45) is 0 Å². The topological polar surface area (TPSA) is 65.6 Å². The van der Waals surface area contributed by atoms with E-state index in [2.05, 4.69) is 9.88 Å². The molecule has 1 aliphatic rings. The van der Waals surface area contributed by atoms with E-state index in [0.717, 1.165) is 45.7 Å². The average Bonchev–Trinajstić information content (AvgIpc) is 2.50. The minimum Gasteiger partial charge on any atom is -0.379 e. The molecule has 1 aliphatic heterocycles. The number of aromatic nitrogens is 1. The predicted octanol–water partition coefficient (Wildman–Crippen LogP) is 0.868. The van der Waals surface area contributed by atoms with Crippen LogP contribution in [0.4, 0.5) is 0 Å². The van der Waals surface area contributed by atoms with E-state index < -0.39 is 0 Å². The molecular formula is C16H25N3O3. The summed E-state index contributed by atoms with van der Waals surface area (Å²) in [5, 5.41) is 0. The van der Waals surface area contributed by atoms with Gasteiger partial charge in [0.15, 0.2) is 0 Å². The van der Waals surface area contributed by atoms with Crippen molar-refractivity contribution in [3.63, 3.8) is 0 Å². The summed E-state index contributed by atoms with van der Waals surface area (Å²) in [4.78, 5) is 30.5. The third-order valence-corrected chi connectivity index (χ3v) is 3.89. The number of nitrogens with one attached hydrogen (secondary N) is 1. The zero-order chi connectivity index (χ0) is 15.9. The maximum Gasteiger partial charge on any atom is 0.253 e. The molecule has 0 aromatic carbocycles. The van der Waals surface area contributed by atoms with Gasteiger partial charge in [-0.1, -0.05) is 0 Å². The molecule has 0 spiro atoms. The van der Waals surface area contributed by atoms with Crippen LogP contribution in [0.1, 0.15) is 28.9 Å². The van der Waals surface area contributed by atoms with Gasteiger partial charge >= 0.3 is 0 Å². The van der Waals surface area contributed by atoms with Crippen LogP contribution in [0.3, 0.4) is 0 Å². The van der Waals surface area contributed by atoms with Gasteiger partial charge in [0.1, 0.15) is 0 Å². The van der Waals surface area contributed by atoms with Crippen LogP contribution in [0.25, 0.3) is 0 Å². The summed E-state index contributed by atoms with van der Waals surface area (Å²) in [5.41, 5.74) is 0.928. The molecule has 1 fully saturated rings. The molecule has 1 aromatic heterocycles. The molecule has 0 aliphatic carbocycles. The van der Waals surface area contributed by atoms with Crippen LogP contribution < -0.4 is 5.56 Å². The summed E-state index contributed by atoms with van der Waals surface area (Å²) in [6, 6.07) is 3.08. The van der Waals surface area contributed by atoms with Crippen LogP contribution in [0.2, 0.25) is 0 Å². The van der Waals surface area contributed by atoms with E-state index in [1.54, 1.807) is 24.9 Å². The van der Waals surface area contributed by atoms with Crippen LogP contribution in [0.15, 0.2) is 16.9 Å². The summed E-state index contributed by atoms with van der Waals surface area (Å²) in [5.74, 6) is -0.0967. The van der Waals surface area contributed by atoms with E-state index >= 15 is 0 Å². The molecule has 0 unspecified atom stereocenters. The lowest BCUT2D eigenvalue weighted by molar-refractivity contribution is 0.0369. The molecule has 0 bridgehead atoms. The summed E-state index contributed by atoms with van der Waals surface area (Å²) >= 11 is 0. The first kappa shape index (κ1) is 16.7. The molecule has 0 saturated carbocycles. The molecule has 1 amide bonds. The van der Waals surface area contributed by atoms with Gasteiger partial charge in [-0.3, -0.25) is 14.5 Å². The molecule has 122 valence electrons.